The summed E-state index contributed by atoms with van der Waals surface area (Å²) in [6, 6.07) is 5.37. The van der Waals surface area contributed by atoms with Gasteiger partial charge in [0, 0.05) is 28.5 Å². The van der Waals surface area contributed by atoms with Gasteiger partial charge in [-0.3, -0.25) is 4.79 Å². The molecule has 1 aromatic rings. The van der Waals surface area contributed by atoms with E-state index >= 15 is 0 Å². The smallest absolute Gasteiger partial charge is 0.224 e. The first kappa shape index (κ1) is 15.3. The molecule has 0 aliphatic heterocycles. The third kappa shape index (κ3) is 4.48. The van der Waals surface area contributed by atoms with Gasteiger partial charge in [0.2, 0.25) is 5.91 Å². The van der Waals surface area contributed by atoms with Gasteiger partial charge in [-0.25, -0.2) is 0 Å². The molecule has 0 radical (unpaired) electrons. The van der Waals surface area contributed by atoms with Crippen molar-refractivity contribution < 1.29 is 4.79 Å². The SMILES string of the molecule is CC(Cc1ccc(Cl)cc1Cl)NC(=O)C(C)CN. The summed E-state index contributed by atoms with van der Waals surface area (Å²) in [4.78, 5) is 11.7. The summed E-state index contributed by atoms with van der Waals surface area (Å²) in [5, 5.41) is 4.14. The van der Waals surface area contributed by atoms with Gasteiger partial charge < -0.3 is 11.1 Å². The minimum absolute atomic E-state index is 0.00479. The van der Waals surface area contributed by atoms with Crippen LogP contribution < -0.4 is 11.1 Å². The number of carbonyl (C=O) groups excluding carboxylic acids is 1. The van der Waals surface area contributed by atoms with Crippen molar-refractivity contribution in [1.82, 2.24) is 5.32 Å². The Labute approximate surface area is 118 Å². The molecule has 1 amide bonds. The summed E-state index contributed by atoms with van der Waals surface area (Å²) in [7, 11) is 0. The monoisotopic (exact) mass is 288 g/mol. The van der Waals surface area contributed by atoms with Gasteiger partial charge in [-0.05, 0) is 31.0 Å². The first-order chi connectivity index (χ1) is 8.43. The van der Waals surface area contributed by atoms with Gasteiger partial charge >= 0.3 is 0 Å². The van der Waals surface area contributed by atoms with Gasteiger partial charge in [-0.2, -0.15) is 0 Å². The molecule has 0 bridgehead atoms. The zero-order chi connectivity index (χ0) is 13.7. The molecule has 5 heteroatoms. The van der Waals surface area contributed by atoms with Crippen LogP contribution in [0.1, 0.15) is 19.4 Å². The van der Waals surface area contributed by atoms with Crippen LogP contribution in [0.5, 0.6) is 0 Å². The average molecular weight is 289 g/mol. The number of nitrogens with two attached hydrogens (primary N) is 1. The van der Waals surface area contributed by atoms with E-state index in [2.05, 4.69) is 5.32 Å². The third-order valence-corrected chi connectivity index (χ3v) is 3.32. The molecule has 0 aromatic heterocycles. The van der Waals surface area contributed by atoms with Crippen molar-refractivity contribution in [3.8, 4) is 0 Å². The van der Waals surface area contributed by atoms with E-state index < -0.39 is 0 Å². The molecule has 3 nitrogen and oxygen atoms in total. The second-order valence-electron chi connectivity index (χ2n) is 4.49. The summed E-state index contributed by atoms with van der Waals surface area (Å²) in [6.45, 7) is 4.09. The number of nitrogens with one attached hydrogen (secondary N) is 1. The minimum Gasteiger partial charge on any atom is -0.353 e. The van der Waals surface area contributed by atoms with Gasteiger partial charge in [0.05, 0.1) is 0 Å². The summed E-state index contributed by atoms with van der Waals surface area (Å²) < 4.78 is 0. The zero-order valence-corrected chi connectivity index (χ0v) is 12.1. The van der Waals surface area contributed by atoms with Gasteiger partial charge in [0.1, 0.15) is 0 Å². The minimum atomic E-state index is -0.173. The van der Waals surface area contributed by atoms with E-state index in [0.29, 0.717) is 23.0 Å². The quantitative estimate of drug-likeness (QED) is 0.875. The van der Waals surface area contributed by atoms with Crippen molar-refractivity contribution in [2.75, 3.05) is 6.54 Å². The number of hydrogen-bond donors (Lipinski definition) is 2. The molecular formula is C13H18Cl2N2O. The molecule has 0 saturated heterocycles. The number of amides is 1. The maximum atomic E-state index is 11.7. The third-order valence-electron chi connectivity index (χ3n) is 2.73. The van der Waals surface area contributed by atoms with E-state index in [9.17, 15) is 4.79 Å². The number of carbonyl (C=O) groups is 1. The average Bonchev–Trinajstić information content (AvgIpc) is 2.31. The highest BCUT2D eigenvalue weighted by Gasteiger charge is 2.14. The standard InChI is InChI=1S/C13H18Cl2N2O/c1-8(7-16)13(18)17-9(2)5-10-3-4-11(14)6-12(10)15/h3-4,6,8-9H,5,7,16H2,1-2H3,(H,17,18). The van der Waals surface area contributed by atoms with Crippen molar-refractivity contribution in [2.45, 2.75) is 26.3 Å². The van der Waals surface area contributed by atoms with E-state index in [1.165, 1.54) is 0 Å². The molecule has 2 unspecified atom stereocenters. The van der Waals surface area contributed by atoms with Gasteiger partial charge in [-0.15, -0.1) is 0 Å². The van der Waals surface area contributed by atoms with Gasteiger partial charge in [0.15, 0.2) is 0 Å². The van der Waals surface area contributed by atoms with E-state index in [1.807, 2.05) is 13.0 Å². The van der Waals surface area contributed by atoms with Crippen molar-refractivity contribution in [1.29, 1.82) is 0 Å². The maximum absolute atomic E-state index is 11.7. The summed E-state index contributed by atoms with van der Waals surface area (Å²) in [6.07, 6.45) is 0.666. The van der Waals surface area contributed by atoms with Crippen molar-refractivity contribution in [3.05, 3.63) is 33.8 Å². The molecule has 0 aliphatic carbocycles. The Morgan fingerprint density at radius 3 is 2.61 bits per heavy atom. The Bertz CT molecular complexity index is 423. The van der Waals surface area contributed by atoms with Gasteiger partial charge in [-0.1, -0.05) is 36.2 Å². The van der Waals surface area contributed by atoms with Crippen LogP contribution in [-0.2, 0) is 11.2 Å². The highest BCUT2D eigenvalue weighted by Crippen LogP contribution is 2.22. The number of benzene rings is 1. The molecule has 18 heavy (non-hydrogen) atoms. The molecule has 0 saturated carbocycles. The lowest BCUT2D eigenvalue weighted by Gasteiger charge is -2.17. The fourth-order valence-electron chi connectivity index (χ4n) is 1.56. The van der Waals surface area contributed by atoms with Gasteiger partial charge in [0.25, 0.3) is 0 Å². The van der Waals surface area contributed by atoms with Crippen LogP contribution in [0.2, 0.25) is 10.0 Å². The molecule has 2 atom stereocenters. The largest absolute Gasteiger partial charge is 0.353 e. The van der Waals surface area contributed by atoms with Crippen LogP contribution >= 0.6 is 23.2 Å². The molecule has 100 valence electrons. The first-order valence-corrected chi connectivity index (χ1v) is 6.64. The predicted molar refractivity (Wildman–Crippen MR) is 76.0 cm³/mol. The normalized spacial score (nSPS) is 14.1. The van der Waals surface area contributed by atoms with E-state index in [-0.39, 0.29) is 17.9 Å². The molecule has 0 heterocycles. The summed E-state index contributed by atoms with van der Waals surface area (Å²) in [5.41, 5.74) is 6.41. The Balaban J connectivity index is 2.59. The molecule has 0 spiro atoms. The van der Waals surface area contributed by atoms with Crippen LogP contribution in [0.4, 0.5) is 0 Å². The molecule has 0 aliphatic rings. The molecule has 0 fully saturated rings. The Hall–Kier alpha value is -0.770. The molecule has 1 rings (SSSR count). The fraction of sp³-hybridized carbons (Fsp3) is 0.462. The van der Waals surface area contributed by atoms with Crippen molar-refractivity contribution >= 4 is 29.1 Å². The Kier molecular flexibility index (Phi) is 5.93. The van der Waals surface area contributed by atoms with Crippen molar-refractivity contribution in [3.63, 3.8) is 0 Å². The topological polar surface area (TPSA) is 55.1 Å². The first-order valence-electron chi connectivity index (χ1n) is 5.88. The van der Waals surface area contributed by atoms with Crippen LogP contribution in [0.25, 0.3) is 0 Å². The van der Waals surface area contributed by atoms with Crippen LogP contribution in [0, 0.1) is 5.92 Å². The van der Waals surface area contributed by atoms with E-state index in [0.717, 1.165) is 5.56 Å². The van der Waals surface area contributed by atoms with Crippen LogP contribution in [0.3, 0.4) is 0 Å². The molecule has 3 N–H and O–H groups in total. The summed E-state index contributed by atoms with van der Waals surface area (Å²) in [5.74, 6) is -0.205. The lowest BCUT2D eigenvalue weighted by molar-refractivity contribution is -0.124. The summed E-state index contributed by atoms with van der Waals surface area (Å²) >= 11 is 11.9. The lowest BCUT2D eigenvalue weighted by Crippen LogP contribution is -2.39. The Morgan fingerprint density at radius 2 is 2.06 bits per heavy atom. The van der Waals surface area contributed by atoms with Crippen LogP contribution in [-0.4, -0.2) is 18.5 Å². The highest BCUT2D eigenvalue weighted by molar-refractivity contribution is 6.35. The van der Waals surface area contributed by atoms with Crippen LogP contribution in [0.15, 0.2) is 18.2 Å². The lowest BCUT2D eigenvalue weighted by atomic mass is 10.1. The highest BCUT2D eigenvalue weighted by atomic mass is 35.5. The number of halogens is 2. The molecular weight excluding hydrogens is 271 g/mol. The second-order valence-corrected chi connectivity index (χ2v) is 5.33. The van der Waals surface area contributed by atoms with E-state index in [1.54, 1.807) is 19.1 Å². The maximum Gasteiger partial charge on any atom is 0.224 e. The number of rotatable bonds is 5. The zero-order valence-electron chi connectivity index (χ0n) is 10.5. The fourth-order valence-corrected chi connectivity index (χ4v) is 2.05. The second kappa shape index (κ2) is 6.98. The Morgan fingerprint density at radius 1 is 1.39 bits per heavy atom. The predicted octanol–water partition coefficient (Wildman–Crippen LogP) is 2.64. The van der Waals surface area contributed by atoms with Crippen molar-refractivity contribution in [2.24, 2.45) is 11.7 Å². The number of hydrogen-bond acceptors (Lipinski definition) is 2. The van der Waals surface area contributed by atoms with E-state index in [4.69, 9.17) is 28.9 Å². The molecule has 1 aromatic carbocycles.